The number of nitrogens with one attached hydrogen (secondary N) is 1. The normalized spacial score (nSPS) is 35.7. The number of pyridine rings is 1. The molecule has 1 aromatic rings. The van der Waals surface area contributed by atoms with Gasteiger partial charge in [-0.3, -0.25) is 9.78 Å². The third-order valence-electron chi connectivity index (χ3n) is 6.12. The number of hydrogen-bond acceptors (Lipinski definition) is 4. The smallest absolute Gasteiger partial charge is 0.234 e. The van der Waals surface area contributed by atoms with Crippen molar-refractivity contribution >= 4 is 5.91 Å². The van der Waals surface area contributed by atoms with E-state index in [4.69, 9.17) is 11.5 Å². The molecule has 1 aromatic heterocycles. The Labute approximate surface area is 130 Å². The highest BCUT2D eigenvalue weighted by atomic mass is 16.1. The fourth-order valence-electron chi connectivity index (χ4n) is 4.44. The van der Waals surface area contributed by atoms with Gasteiger partial charge in [0.25, 0.3) is 0 Å². The predicted octanol–water partition coefficient (Wildman–Crippen LogP) is 1.03. The SMILES string of the molecule is NC(=O)C1CC2(C(N)(CCC3CC3)c3ccncc3)CC2N1. The van der Waals surface area contributed by atoms with E-state index in [9.17, 15) is 4.79 Å². The van der Waals surface area contributed by atoms with Crippen molar-refractivity contribution in [3.63, 3.8) is 0 Å². The maximum Gasteiger partial charge on any atom is 0.234 e. The van der Waals surface area contributed by atoms with Crippen molar-refractivity contribution < 1.29 is 4.79 Å². The third-order valence-corrected chi connectivity index (χ3v) is 6.12. The van der Waals surface area contributed by atoms with E-state index in [1.165, 1.54) is 19.3 Å². The number of primary amides is 1. The molecule has 4 unspecified atom stereocenters. The van der Waals surface area contributed by atoms with Crippen LogP contribution < -0.4 is 16.8 Å². The van der Waals surface area contributed by atoms with Crippen molar-refractivity contribution in [2.45, 2.75) is 56.1 Å². The van der Waals surface area contributed by atoms with Crippen LogP contribution in [0.4, 0.5) is 0 Å². The number of carbonyl (C=O) groups is 1. The molecule has 4 rings (SSSR count). The Morgan fingerprint density at radius 1 is 1.36 bits per heavy atom. The summed E-state index contributed by atoms with van der Waals surface area (Å²) >= 11 is 0. The lowest BCUT2D eigenvalue weighted by Crippen LogP contribution is -2.47. The highest BCUT2D eigenvalue weighted by Crippen LogP contribution is 2.65. The first kappa shape index (κ1) is 14.2. The van der Waals surface area contributed by atoms with E-state index in [0.29, 0.717) is 6.04 Å². The number of carbonyl (C=O) groups excluding carboxylic acids is 1. The molecule has 0 bridgehead atoms. The number of nitrogens with zero attached hydrogens (tertiary/aromatic N) is 1. The average molecular weight is 300 g/mol. The van der Waals surface area contributed by atoms with Crippen molar-refractivity contribution in [2.24, 2.45) is 22.8 Å². The second-order valence-electron chi connectivity index (χ2n) is 7.43. The molecule has 2 heterocycles. The largest absolute Gasteiger partial charge is 0.368 e. The van der Waals surface area contributed by atoms with Gasteiger partial charge in [-0.15, -0.1) is 0 Å². The summed E-state index contributed by atoms with van der Waals surface area (Å²) in [6, 6.07) is 4.16. The maximum atomic E-state index is 11.6. The Hall–Kier alpha value is -1.46. The first-order valence-electron chi connectivity index (χ1n) is 8.30. The molecule has 1 aliphatic heterocycles. The summed E-state index contributed by atoms with van der Waals surface area (Å²) in [5, 5.41) is 3.38. The fourth-order valence-corrected chi connectivity index (χ4v) is 4.44. The summed E-state index contributed by atoms with van der Waals surface area (Å²) in [7, 11) is 0. The second kappa shape index (κ2) is 4.77. The summed E-state index contributed by atoms with van der Waals surface area (Å²) in [4.78, 5) is 15.7. The Morgan fingerprint density at radius 3 is 2.68 bits per heavy atom. The van der Waals surface area contributed by atoms with E-state index in [1.807, 2.05) is 24.5 Å². The lowest BCUT2D eigenvalue weighted by molar-refractivity contribution is -0.120. The van der Waals surface area contributed by atoms with Gasteiger partial charge in [-0.1, -0.05) is 12.8 Å². The van der Waals surface area contributed by atoms with Gasteiger partial charge in [0, 0.05) is 29.4 Å². The zero-order valence-electron chi connectivity index (χ0n) is 12.8. The van der Waals surface area contributed by atoms with Crippen LogP contribution in [-0.4, -0.2) is 23.0 Å². The Bertz CT molecular complexity index is 588. The second-order valence-corrected chi connectivity index (χ2v) is 7.43. The first-order valence-corrected chi connectivity index (χ1v) is 8.30. The molecule has 2 saturated carbocycles. The third kappa shape index (κ3) is 2.07. The number of fused-ring (bicyclic) bond motifs is 1. The van der Waals surface area contributed by atoms with Crippen molar-refractivity contribution in [3.05, 3.63) is 30.1 Å². The number of hydrogen-bond donors (Lipinski definition) is 3. The summed E-state index contributed by atoms with van der Waals surface area (Å²) in [5.74, 6) is 0.588. The number of piperidine rings is 1. The van der Waals surface area contributed by atoms with Gasteiger partial charge < -0.3 is 16.8 Å². The van der Waals surface area contributed by atoms with Crippen molar-refractivity contribution in [3.8, 4) is 0 Å². The summed E-state index contributed by atoms with van der Waals surface area (Å²) in [5.41, 5.74) is 13.3. The Kier molecular flexibility index (Phi) is 3.07. The predicted molar refractivity (Wildman–Crippen MR) is 83.6 cm³/mol. The molecule has 5 heteroatoms. The van der Waals surface area contributed by atoms with E-state index < -0.39 is 0 Å². The average Bonchev–Trinajstić information content (AvgIpc) is 3.44. The van der Waals surface area contributed by atoms with Gasteiger partial charge in [0.1, 0.15) is 0 Å². The van der Waals surface area contributed by atoms with Crippen LogP contribution in [0, 0.1) is 11.3 Å². The van der Waals surface area contributed by atoms with Crippen LogP contribution in [0.2, 0.25) is 0 Å². The molecular weight excluding hydrogens is 276 g/mol. The van der Waals surface area contributed by atoms with Crippen LogP contribution in [0.1, 0.15) is 44.1 Å². The lowest BCUT2D eigenvalue weighted by Gasteiger charge is -2.38. The van der Waals surface area contributed by atoms with Crippen molar-refractivity contribution in [1.82, 2.24) is 10.3 Å². The molecule has 118 valence electrons. The number of rotatable bonds is 6. The topological polar surface area (TPSA) is 94.0 Å². The van der Waals surface area contributed by atoms with Crippen LogP contribution in [0.15, 0.2) is 24.5 Å². The van der Waals surface area contributed by atoms with Crippen LogP contribution in [0.25, 0.3) is 0 Å². The summed E-state index contributed by atoms with van der Waals surface area (Å²) in [6.45, 7) is 0. The zero-order chi connectivity index (χ0) is 15.4. The molecule has 3 fully saturated rings. The van der Waals surface area contributed by atoms with E-state index >= 15 is 0 Å². The Balaban J connectivity index is 1.64. The molecule has 4 atom stereocenters. The molecule has 3 aliphatic rings. The highest BCUT2D eigenvalue weighted by molar-refractivity contribution is 5.81. The van der Waals surface area contributed by atoms with Gasteiger partial charge in [-0.25, -0.2) is 0 Å². The molecule has 2 aliphatic carbocycles. The van der Waals surface area contributed by atoms with Gasteiger partial charge in [-0.2, -0.15) is 0 Å². The molecule has 1 amide bonds. The van der Waals surface area contributed by atoms with Gasteiger partial charge in [-0.05, 0) is 49.3 Å². The lowest BCUT2D eigenvalue weighted by atomic mass is 9.70. The van der Waals surface area contributed by atoms with Gasteiger partial charge in [0.05, 0.1) is 6.04 Å². The van der Waals surface area contributed by atoms with Crippen LogP contribution in [0.5, 0.6) is 0 Å². The quantitative estimate of drug-likeness (QED) is 0.731. The summed E-state index contributed by atoms with van der Waals surface area (Å²) in [6.07, 6.45) is 10.3. The molecule has 1 saturated heterocycles. The minimum absolute atomic E-state index is 0.0249. The molecule has 0 aromatic carbocycles. The molecular formula is C17H24N4O. The maximum absolute atomic E-state index is 11.6. The molecule has 0 radical (unpaired) electrons. The molecule has 0 spiro atoms. The van der Waals surface area contributed by atoms with E-state index in [0.717, 1.165) is 30.7 Å². The monoisotopic (exact) mass is 300 g/mol. The van der Waals surface area contributed by atoms with Crippen LogP contribution in [0.3, 0.4) is 0 Å². The minimum Gasteiger partial charge on any atom is -0.368 e. The number of amides is 1. The fraction of sp³-hybridized carbons (Fsp3) is 0.647. The van der Waals surface area contributed by atoms with E-state index in [2.05, 4.69) is 10.3 Å². The minimum atomic E-state index is -0.388. The van der Waals surface area contributed by atoms with Crippen LogP contribution in [-0.2, 0) is 10.3 Å². The van der Waals surface area contributed by atoms with Crippen molar-refractivity contribution in [2.75, 3.05) is 0 Å². The number of aromatic nitrogens is 1. The highest BCUT2D eigenvalue weighted by Gasteiger charge is 2.70. The Morgan fingerprint density at radius 2 is 2.09 bits per heavy atom. The van der Waals surface area contributed by atoms with Gasteiger partial charge >= 0.3 is 0 Å². The van der Waals surface area contributed by atoms with Crippen molar-refractivity contribution in [1.29, 1.82) is 0 Å². The molecule has 5 nitrogen and oxygen atoms in total. The number of nitrogens with two attached hydrogens (primary N) is 2. The molecule has 22 heavy (non-hydrogen) atoms. The zero-order valence-corrected chi connectivity index (χ0v) is 12.8. The summed E-state index contributed by atoms with van der Waals surface area (Å²) < 4.78 is 0. The van der Waals surface area contributed by atoms with Gasteiger partial charge in [0.2, 0.25) is 5.91 Å². The van der Waals surface area contributed by atoms with E-state index in [1.54, 1.807) is 0 Å². The molecule has 5 N–H and O–H groups in total. The van der Waals surface area contributed by atoms with Crippen LogP contribution >= 0.6 is 0 Å². The first-order chi connectivity index (χ1) is 10.6. The van der Waals surface area contributed by atoms with E-state index in [-0.39, 0.29) is 22.9 Å². The van der Waals surface area contributed by atoms with Gasteiger partial charge in [0.15, 0.2) is 0 Å². The standard InChI is InChI=1S/C17H24N4O/c18-15(22)13-9-16(10-14(16)21-13)17(19,6-3-11-1-2-11)12-4-7-20-8-5-12/h4-5,7-8,11,13-14,21H,1-3,6,9-10,19H2,(H2,18,22).